The van der Waals surface area contributed by atoms with Gasteiger partial charge in [-0.05, 0) is 33.3 Å². The van der Waals surface area contributed by atoms with Gasteiger partial charge in [0, 0.05) is 15.9 Å². The first-order valence-corrected chi connectivity index (χ1v) is 7.20. The van der Waals surface area contributed by atoms with E-state index in [0.717, 1.165) is 6.42 Å². The molecule has 3 N–H and O–H groups in total. The Bertz CT molecular complexity index is 275. The van der Waals surface area contributed by atoms with E-state index in [9.17, 15) is 0 Å². The summed E-state index contributed by atoms with van der Waals surface area (Å²) in [5.74, 6) is 5.58. The first kappa shape index (κ1) is 13.2. The molecule has 0 amide bonds. The molecule has 1 heterocycles. The standard InChI is InChI=1S/C11H19BrN2S/c1-2-3-4-5-6-11(14-13)9-7-15-8-10(9)12/h7-8,11,14H,2-6,13H2,1H3. The maximum Gasteiger partial charge on any atom is 0.0479 e. The third-order valence-electron chi connectivity index (χ3n) is 2.57. The van der Waals surface area contributed by atoms with E-state index in [4.69, 9.17) is 5.84 Å². The van der Waals surface area contributed by atoms with E-state index in [0.29, 0.717) is 6.04 Å². The van der Waals surface area contributed by atoms with Crippen LogP contribution < -0.4 is 11.3 Å². The number of hydrogen-bond acceptors (Lipinski definition) is 3. The number of halogens is 1. The normalized spacial score (nSPS) is 13.0. The molecule has 0 aliphatic rings. The molecule has 86 valence electrons. The van der Waals surface area contributed by atoms with Crippen LogP contribution in [0.3, 0.4) is 0 Å². The summed E-state index contributed by atoms with van der Waals surface area (Å²) >= 11 is 5.26. The van der Waals surface area contributed by atoms with Gasteiger partial charge >= 0.3 is 0 Å². The summed E-state index contributed by atoms with van der Waals surface area (Å²) in [4.78, 5) is 0. The fourth-order valence-corrected chi connectivity index (χ4v) is 3.27. The fourth-order valence-electron chi connectivity index (χ4n) is 1.64. The summed E-state index contributed by atoms with van der Waals surface area (Å²) in [6.07, 6.45) is 6.26. The van der Waals surface area contributed by atoms with Crippen LogP contribution in [0.1, 0.15) is 50.6 Å². The number of thiophene rings is 1. The molecule has 1 aromatic heterocycles. The molecule has 0 saturated heterocycles. The first-order valence-electron chi connectivity index (χ1n) is 5.47. The minimum atomic E-state index is 0.294. The Morgan fingerprint density at radius 1 is 1.40 bits per heavy atom. The third kappa shape index (κ3) is 4.23. The molecule has 0 saturated carbocycles. The second-order valence-corrected chi connectivity index (χ2v) is 5.34. The topological polar surface area (TPSA) is 38.0 Å². The van der Waals surface area contributed by atoms with Gasteiger partial charge in [-0.15, -0.1) is 0 Å². The quantitative estimate of drug-likeness (QED) is 0.453. The van der Waals surface area contributed by atoms with Crippen LogP contribution in [0.25, 0.3) is 0 Å². The van der Waals surface area contributed by atoms with Crippen LogP contribution in [0, 0.1) is 0 Å². The highest BCUT2D eigenvalue weighted by Crippen LogP contribution is 2.29. The average molecular weight is 291 g/mol. The molecule has 0 spiro atoms. The van der Waals surface area contributed by atoms with Gasteiger partial charge in [-0.2, -0.15) is 11.3 Å². The highest BCUT2D eigenvalue weighted by molar-refractivity contribution is 9.10. The molecule has 0 radical (unpaired) electrons. The van der Waals surface area contributed by atoms with Crippen molar-refractivity contribution in [2.75, 3.05) is 0 Å². The second kappa shape index (κ2) is 7.39. The van der Waals surface area contributed by atoms with Gasteiger partial charge in [0.1, 0.15) is 0 Å². The Hall–Kier alpha value is 0.100. The van der Waals surface area contributed by atoms with Crippen LogP contribution in [0.2, 0.25) is 0 Å². The lowest BCUT2D eigenvalue weighted by Gasteiger charge is -2.15. The van der Waals surface area contributed by atoms with E-state index in [1.807, 2.05) is 0 Å². The summed E-state index contributed by atoms with van der Waals surface area (Å²) in [7, 11) is 0. The summed E-state index contributed by atoms with van der Waals surface area (Å²) in [5.41, 5.74) is 4.19. The van der Waals surface area contributed by atoms with Gasteiger partial charge in [0.15, 0.2) is 0 Å². The molecular formula is C11H19BrN2S. The van der Waals surface area contributed by atoms with E-state index in [-0.39, 0.29) is 0 Å². The summed E-state index contributed by atoms with van der Waals surface area (Å²) < 4.78 is 1.17. The van der Waals surface area contributed by atoms with Crippen LogP contribution in [-0.2, 0) is 0 Å². The monoisotopic (exact) mass is 290 g/mol. The highest BCUT2D eigenvalue weighted by atomic mass is 79.9. The Morgan fingerprint density at radius 3 is 2.73 bits per heavy atom. The lowest BCUT2D eigenvalue weighted by atomic mass is 10.0. The summed E-state index contributed by atoms with van der Waals surface area (Å²) in [6.45, 7) is 2.23. The Balaban J connectivity index is 2.39. The first-order chi connectivity index (χ1) is 7.29. The zero-order chi connectivity index (χ0) is 11.1. The highest BCUT2D eigenvalue weighted by Gasteiger charge is 2.12. The van der Waals surface area contributed by atoms with Gasteiger partial charge in [-0.3, -0.25) is 11.3 Å². The number of rotatable bonds is 7. The maximum atomic E-state index is 5.58. The smallest absolute Gasteiger partial charge is 0.0479 e. The van der Waals surface area contributed by atoms with Crippen LogP contribution in [0.5, 0.6) is 0 Å². The molecule has 0 aliphatic heterocycles. The number of hydrazine groups is 1. The molecule has 4 heteroatoms. The Kier molecular flexibility index (Phi) is 6.48. The molecule has 1 atom stereocenters. The molecule has 0 aromatic carbocycles. The lowest BCUT2D eigenvalue weighted by molar-refractivity contribution is 0.482. The molecule has 2 nitrogen and oxygen atoms in total. The molecule has 0 bridgehead atoms. The largest absolute Gasteiger partial charge is 0.271 e. The van der Waals surface area contributed by atoms with Crippen molar-refractivity contribution in [1.29, 1.82) is 0 Å². The number of nitrogens with one attached hydrogen (secondary N) is 1. The minimum absolute atomic E-state index is 0.294. The van der Waals surface area contributed by atoms with Crippen molar-refractivity contribution in [3.05, 3.63) is 20.8 Å². The number of hydrogen-bond donors (Lipinski definition) is 2. The number of unbranched alkanes of at least 4 members (excludes halogenated alkanes) is 3. The van der Waals surface area contributed by atoms with Crippen molar-refractivity contribution >= 4 is 27.3 Å². The molecule has 0 fully saturated rings. The maximum absolute atomic E-state index is 5.58. The van der Waals surface area contributed by atoms with Crippen molar-refractivity contribution in [3.63, 3.8) is 0 Å². The van der Waals surface area contributed by atoms with Crippen molar-refractivity contribution in [2.45, 2.75) is 45.1 Å². The van der Waals surface area contributed by atoms with Gasteiger partial charge in [-0.1, -0.05) is 32.6 Å². The average Bonchev–Trinajstić information content (AvgIpc) is 2.65. The van der Waals surface area contributed by atoms with E-state index in [1.165, 1.54) is 35.7 Å². The van der Waals surface area contributed by atoms with Gasteiger partial charge < -0.3 is 0 Å². The second-order valence-electron chi connectivity index (χ2n) is 3.74. The SMILES string of the molecule is CCCCCCC(NN)c1cscc1Br. The van der Waals surface area contributed by atoms with E-state index >= 15 is 0 Å². The molecule has 1 rings (SSSR count). The van der Waals surface area contributed by atoms with E-state index < -0.39 is 0 Å². The predicted octanol–water partition coefficient (Wildman–Crippen LogP) is 3.99. The molecular weight excluding hydrogens is 272 g/mol. The minimum Gasteiger partial charge on any atom is -0.271 e. The van der Waals surface area contributed by atoms with Crippen molar-refractivity contribution in [1.82, 2.24) is 5.43 Å². The molecule has 15 heavy (non-hydrogen) atoms. The van der Waals surface area contributed by atoms with Gasteiger partial charge in [0.2, 0.25) is 0 Å². The van der Waals surface area contributed by atoms with Gasteiger partial charge in [-0.25, -0.2) is 0 Å². The van der Waals surface area contributed by atoms with Crippen LogP contribution >= 0.6 is 27.3 Å². The third-order valence-corrected chi connectivity index (χ3v) is 4.32. The fraction of sp³-hybridized carbons (Fsp3) is 0.636. The van der Waals surface area contributed by atoms with Crippen LogP contribution in [-0.4, -0.2) is 0 Å². The van der Waals surface area contributed by atoms with Gasteiger partial charge in [0.05, 0.1) is 0 Å². The summed E-state index contributed by atoms with van der Waals surface area (Å²) in [6, 6.07) is 0.294. The Morgan fingerprint density at radius 2 is 2.20 bits per heavy atom. The molecule has 0 aliphatic carbocycles. The lowest BCUT2D eigenvalue weighted by Crippen LogP contribution is -2.27. The van der Waals surface area contributed by atoms with Crippen molar-refractivity contribution in [3.8, 4) is 0 Å². The zero-order valence-corrected chi connectivity index (χ0v) is 11.5. The van der Waals surface area contributed by atoms with Crippen molar-refractivity contribution in [2.24, 2.45) is 5.84 Å². The van der Waals surface area contributed by atoms with E-state index in [1.54, 1.807) is 11.3 Å². The molecule has 1 unspecified atom stereocenters. The van der Waals surface area contributed by atoms with Crippen LogP contribution in [0.15, 0.2) is 15.2 Å². The van der Waals surface area contributed by atoms with Crippen molar-refractivity contribution < 1.29 is 0 Å². The number of nitrogens with two attached hydrogens (primary N) is 1. The Labute approximate surface area is 104 Å². The summed E-state index contributed by atoms with van der Waals surface area (Å²) in [5, 5.41) is 4.26. The molecule has 1 aromatic rings. The van der Waals surface area contributed by atoms with E-state index in [2.05, 4.69) is 39.0 Å². The van der Waals surface area contributed by atoms with Gasteiger partial charge in [0.25, 0.3) is 0 Å². The predicted molar refractivity (Wildman–Crippen MR) is 70.8 cm³/mol. The zero-order valence-electron chi connectivity index (χ0n) is 9.13. The van der Waals surface area contributed by atoms with Crippen LogP contribution in [0.4, 0.5) is 0 Å².